The number of carbonyl (C=O) groups is 3. The van der Waals surface area contributed by atoms with Crippen LogP contribution in [0.15, 0.2) is 30.3 Å². The molecular formula is C22H30N4O4S. The maximum absolute atomic E-state index is 13.0. The molecule has 3 aliphatic heterocycles. The topological polar surface area (TPSA) is 91.0 Å². The van der Waals surface area contributed by atoms with Crippen molar-refractivity contribution in [2.75, 3.05) is 39.4 Å². The molecule has 31 heavy (non-hydrogen) atoms. The van der Waals surface area contributed by atoms with Crippen molar-refractivity contribution in [1.29, 1.82) is 0 Å². The summed E-state index contributed by atoms with van der Waals surface area (Å²) in [5.74, 6) is -0.491. The smallest absolute Gasteiger partial charge is 0.249 e. The molecule has 0 saturated carbocycles. The van der Waals surface area contributed by atoms with Gasteiger partial charge in [-0.05, 0) is 19.4 Å². The van der Waals surface area contributed by atoms with E-state index in [1.165, 1.54) is 0 Å². The number of amides is 3. The lowest BCUT2D eigenvalue weighted by Crippen LogP contribution is -2.71. The number of hydrogen-bond acceptors (Lipinski definition) is 6. The van der Waals surface area contributed by atoms with Gasteiger partial charge < -0.3 is 20.3 Å². The molecule has 0 bridgehead atoms. The molecule has 4 rings (SSSR count). The highest BCUT2D eigenvalue weighted by atomic mass is 32.2. The number of benzene rings is 1. The van der Waals surface area contributed by atoms with E-state index in [0.29, 0.717) is 6.54 Å². The van der Waals surface area contributed by atoms with Crippen LogP contribution in [0.1, 0.15) is 19.4 Å². The third kappa shape index (κ3) is 4.73. The summed E-state index contributed by atoms with van der Waals surface area (Å²) in [5, 5.41) is 5.66. The largest absolute Gasteiger partial charge is 0.379 e. The van der Waals surface area contributed by atoms with Crippen LogP contribution in [-0.2, 0) is 25.5 Å². The summed E-state index contributed by atoms with van der Waals surface area (Å²) >= 11 is 1.58. The summed E-state index contributed by atoms with van der Waals surface area (Å²) in [6.45, 7) is 8.47. The van der Waals surface area contributed by atoms with Gasteiger partial charge in [-0.2, -0.15) is 0 Å². The third-order valence-electron chi connectivity index (χ3n) is 6.04. The molecule has 3 atom stereocenters. The van der Waals surface area contributed by atoms with E-state index in [1.807, 2.05) is 44.2 Å². The zero-order valence-electron chi connectivity index (χ0n) is 18.0. The molecule has 1 aromatic rings. The molecule has 3 amide bonds. The number of nitrogens with one attached hydrogen (secondary N) is 2. The summed E-state index contributed by atoms with van der Waals surface area (Å²) in [4.78, 5) is 42.1. The Morgan fingerprint density at radius 2 is 1.90 bits per heavy atom. The number of morpholine rings is 1. The predicted octanol–water partition coefficient (Wildman–Crippen LogP) is 0.225. The molecule has 2 N–H and O–H groups in total. The summed E-state index contributed by atoms with van der Waals surface area (Å²) in [5.41, 5.74) is 0.903. The van der Waals surface area contributed by atoms with E-state index in [2.05, 4.69) is 15.5 Å². The molecule has 0 aliphatic carbocycles. The van der Waals surface area contributed by atoms with Gasteiger partial charge in [-0.25, -0.2) is 0 Å². The van der Waals surface area contributed by atoms with Gasteiger partial charge in [-0.3, -0.25) is 19.3 Å². The molecule has 0 aromatic heterocycles. The van der Waals surface area contributed by atoms with Crippen molar-refractivity contribution >= 4 is 29.5 Å². The third-order valence-corrected chi connectivity index (χ3v) is 7.62. The zero-order valence-corrected chi connectivity index (χ0v) is 18.8. The lowest BCUT2D eigenvalue weighted by atomic mass is 9.95. The van der Waals surface area contributed by atoms with Gasteiger partial charge in [0.25, 0.3) is 0 Å². The minimum Gasteiger partial charge on any atom is -0.379 e. The van der Waals surface area contributed by atoms with E-state index in [4.69, 9.17) is 4.74 Å². The zero-order chi connectivity index (χ0) is 22.0. The maximum atomic E-state index is 13.0. The van der Waals surface area contributed by atoms with Gasteiger partial charge in [0.1, 0.15) is 17.5 Å². The molecule has 168 valence electrons. The van der Waals surface area contributed by atoms with Gasteiger partial charge in [0.05, 0.1) is 19.6 Å². The van der Waals surface area contributed by atoms with Crippen LogP contribution < -0.4 is 10.6 Å². The van der Waals surface area contributed by atoms with Crippen molar-refractivity contribution in [2.24, 2.45) is 0 Å². The number of fused-ring (bicyclic) bond motifs is 1. The number of hydrogen-bond donors (Lipinski definition) is 2. The maximum Gasteiger partial charge on any atom is 0.249 e. The molecule has 8 nitrogen and oxygen atoms in total. The average Bonchev–Trinajstić information content (AvgIpc) is 3.01. The molecule has 3 heterocycles. The molecule has 9 heteroatoms. The van der Waals surface area contributed by atoms with Crippen molar-refractivity contribution in [1.82, 2.24) is 20.4 Å². The summed E-state index contributed by atoms with van der Waals surface area (Å²) in [6, 6.07) is 8.33. The Labute approximate surface area is 187 Å². The summed E-state index contributed by atoms with van der Waals surface area (Å²) < 4.78 is 4.92. The van der Waals surface area contributed by atoms with E-state index in [9.17, 15) is 14.4 Å². The van der Waals surface area contributed by atoms with Crippen LogP contribution in [-0.4, -0.2) is 89.1 Å². The van der Waals surface area contributed by atoms with Crippen LogP contribution in [0.3, 0.4) is 0 Å². The summed E-state index contributed by atoms with van der Waals surface area (Å²) in [7, 11) is 0. The molecule has 1 aromatic carbocycles. The normalized spacial score (nSPS) is 27.4. The predicted molar refractivity (Wildman–Crippen MR) is 118 cm³/mol. The van der Waals surface area contributed by atoms with Gasteiger partial charge in [0, 0.05) is 30.9 Å². The Morgan fingerprint density at radius 1 is 1.19 bits per heavy atom. The minimum atomic E-state index is -0.577. The first kappa shape index (κ1) is 22.1. The monoisotopic (exact) mass is 446 g/mol. The molecule has 3 saturated heterocycles. The molecule has 0 unspecified atom stereocenters. The molecule has 0 radical (unpaired) electrons. The highest BCUT2D eigenvalue weighted by Gasteiger charge is 2.63. The fourth-order valence-electron chi connectivity index (χ4n) is 4.44. The van der Waals surface area contributed by atoms with Crippen LogP contribution in [0.25, 0.3) is 0 Å². The van der Waals surface area contributed by atoms with Crippen molar-refractivity contribution in [3.63, 3.8) is 0 Å². The highest BCUT2D eigenvalue weighted by molar-refractivity contribution is 8.01. The number of β-lactam (4-membered cyclic amide) rings is 1. The molecule has 0 spiro atoms. The first-order valence-corrected chi connectivity index (χ1v) is 11.7. The second-order valence-corrected chi connectivity index (χ2v) is 10.5. The van der Waals surface area contributed by atoms with E-state index in [0.717, 1.165) is 38.4 Å². The van der Waals surface area contributed by atoms with E-state index < -0.39 is 16.8 Å². The second kappa shape index (κ2) is 9.18. The Hall–Kier alpha value is -2.10. The number of thioether (sulfide) groups is 1. The van der Waals surface area contributed by atoms with Crippen LogP contribution >= 0.6 is 11.8 Å². The number of nitrogens with zero attached hydrogens (tertiary/aromatic N) is 2. The van der Waals surface area contributed by atoms with Gasteiger partial charge in [-0.1, -0.05) is 30.3 Å². The van der Waals surface area contributed by atoms with Crippen LogP contribution in [0.2, 0.25) is 0 Å². The Kier molecular flexibility index (Phi) is 6.55. The van der Waals surface area contributed by atoms with Crippen molar-refractivity contribution < 1.29 is 19.1 Å². The SMILES string of the molecule is CC1(C)S[C@@H]2[C@H](NC(=O)Cc3ccccc3)C(=O)N2[C@H]1C(=O)NCCN1CCOCC1. The van der Waals surface area contributed by atoms with Crippen LogP contribution in [0.5, 0.6) is 0 Å². The number of carbonyl (C=O) groups excluding carboxylic acids is 3. The standard InChI is InChI=1S/C22H30N4O4S/c1-22(2)18(19(28)23-8-9-25-10-12-30-13-11-25)26-20(29)17(21(26)31-22)24-16(27)14-15-6-4-3-5-7-15/h3-7,17-18,21H,8-14H2,1-2H3,(H,23,28)(H,24,27)/t17-,18+,21-/m1/s1. The average molecular weight is 447 g/mol. The van der Waals surface area contributed by atoms with E-state index in [-0.39, 0.29) is 29.5 Å². The lowest BCUT2D eigenvalue weighted by Gasteiger charge is -2.44. The van der Waals surface area contributed by atoms with E-state index in [1.54, 1.807) is 16.7 Å². The Morgan fingerprint density at radius 3 is 2.61 bits per heavy atom. The van der Waals surface area contributed by atoms with Crippen LogP contribution in [0, 0.1) is 0 Å². The Balaban J connectivity index is 1.31. The van der Waals surface area contributed by atoms with Crippen LogP contribution in [0.4, 0.5) is 0 Å². The fourth-order valence-corrected chi connectivity index (χ4v) is 6.07. The first-order valence-electron chi connectivity index (χ1n) is 10.8. The van der Waals surface area contributed by atoms with Crippen molar-refractivity contribution in [3.8, 4) is 0 Å². The fraction of sp³-hybridized carbons (Fsp3) is 0.591. The number of ether oxygens (including phenoxy) is 1. The van der Waals surface area contributed by atoms with Crippen molar-refractivity contribution in [2.45, 2.75) is 42.5 Å². The van der Waals surface area contributed by atoms with Gasteiger partial charge >= 0.3 is 0 Å². The molecule has 3 fully saturated rings. The minimum absolute atomic E-state index is 0.129. The highest BCUT2D eigenvalue weighted by Crippen LogP contribution is 2.50. The Bertz CT molecular complexity index is 828. The molecular weight excluding hydrogens is 416 g/mol. The quantitative estimate of drug-likeness (QED) is 0.583. The second-order valence-electron chi connectivity index (χ2n) is 8.71. The van der Waals surface area contributed by atoms with E-state index >= 15 is 0 Å². The van der Waals surface area contributed by atoms with Gasteiger partial charge in [0.15, 0.2) is 0 Å². The lowest BCUT2D eigenvalue weighted by molar-refractivity contribution is -0.155. The van der Waals surface area contributed by atoms with Gasteiger partial charge in [0.2, 0.25) is 17.7 Å². The number of rotatable bonds is 7. The first-order chi connectivity index (χ1) is 14.9. The van der Waals surface area contributed by atoms with Gasteiger partial charge in [-0.15, -0.1) is 11.8 Å². The molecule has 3 aliphatic rings. The van der Waals surface area contributed by atoms with Crippen molar-refractivity contribution in [3.05, 3.63) is 35.9 Å². The summed E-state index contributed by atoms with van der Waals surface area (Å²) in [6.07, 6.45) is 0.233.